The second-order valence-corrected chi connectivity index (χ2v) is 8.77. The lowest BCUT2D eigenvalue weighted by Crippen LogP contribution is -2.38. The van der Waals surface area contributed by atoms with Crippen LogP contribution in [0.25, 0.3) is 10.9 Å². The van der Waals surface area contributed by atoms with Crippen molar-refractivity contribution in [3.63, 3.8) is 0 Å². The van der Waals surface area contributed by atoms with Crippen molar-refractivity contribution in [1.29, 1.82) is 0 Å². The minimum atomic E-state index is -0.230. The van der Waals surface area contributed by atoms with E-state index in [1.165, 1.54) is 0 Å². The Balaban J connectivity index is 1.47. The fourth-order valence-electron chi connectivity index (χ4n) is 4.49. The molecular weight excluding hydrogens is 416 g/mol. The van der Waals surface area contributed by atoms with Crippen molar-refractivity contribution in [3.8, 4) is 5.75 Å². The molecule has 172 valence electrons. The van der Waals surface area contributed by atoms with Gasteiger partial charge in [-0.1, -0.05) is 29.8 Å². The molecule has 2 aromatic carbocycles. The van der Waals surface area contributed by atoms with E-state index >= 15 is 0 Å². The summed E-state index contributed by atoms with van der Waals surface area (Å²) in [7, 11) is 0. The molecule has 0 bridgehead atoms. The molecule has 3 N–H and O–H groups in total. The van der Waals surface area contributed by atoms with Crippen LogP contribution in [0.3, 0.4) is 0 Å². The predicted octanol–water partition coefficient (Wildman–Crippen LogP) is 3.88. The molecule has 33 heavy (non-hydrogen) atoms. The molecule has 4 rings (SSSR count). The van der Waals surface area contributed by atoms with Crippen molar-refractivity contribution in [2.45, 2.75) is 33.6 Å². The van der Waals surface area contributed by atoms with E-state index in [2.05, 4.69) is 10.2 Å². The van der Waals surface area contributed by atoms with Crippen molar-refractivity contribution in [2.24, 2.45) is 11.7 Å². The van der Waals surface area contributed by atoms with Gasteiger partial charge in [0, 0.05) is 30.1 Å². The third-order valence-corrected chi connectivity index (χ3v) is 6.19. The minimum absolute atomic E-state index is 0.0695. The van der Waals surface area contributed by atoms with Gasteiger partial charge in [0.25, 0.3) is 5.91 Å². The van der Waals surface area contributed by atoms with Gasteiger partial charge in [0.05, 0.1) is 0 Å². The van der Waals surface area contributed by atoms with Crippen molar-refractivity contribution in [1.82, 2.24) is 4.98 Å². The number of nitrogens with one attached hydrogen (secondary N) is 1. The van der Waals surface area contributed by atoms with E-state index in [4.69, 9.17) is 15.5 Å². The predicted molar refractivity (Wildman–Crippen MR) is 131 cm³/mol. The lowest BCUT2D eigenvalue weighted by atomic mass is 9.96. The van der Waals surface area contributed by atoms with Crippen LogP contribution in [-0.2, 0) is 9.59 Å². The highest BCUT2D eigenvalue weighted by molar-refractivity contribution is 5.94. The molecule has 1 fully saturated rings. The van der Waals surface area contributed by atoms with Crippen LogP contribution in [0.5, 0.6) is 5.75 Å². The summed E-state index contributed by atoms with van der Waals surface area (Å²) >= 11 is 0. The number of piperidine rings is 1. The highest BCUT2D eigenvalue weighted by Crippen LogP contribution is 2.29. The first-order valence-corrected chi connectivity index (χ1v) is 11.3. The Morgan fingerprint density at radius 1 is 1.09 bits per heavy atom. The smallest absolute Gasteiger partial charge is 0.262 e. The molecule has 0 spiro atoms. The zero-order valence-electron chi connectivity index (χ0n) is 19.4. The summed E-state index contributed by atoms with van der Waals surface area (Å²) in [6.45, 7) is 7.36. The highest BCUT2D eigenvalue weighted by atomic mass is 16.5. The van der Waals surface area contributed by atoms with Gasteiger partial charge < -0.3 is 20.7 Å². The summed E-state index contributed by atoms with van der Waals surface area (Å²) in [6, 6.07) is 13.8. The fraction of sp³-hybridized carbons (Fsp3) is 0.346. The quantitative estimate of drug-likeness (QED) is 0.599. The first-order valence-electron chi connectivity index (χ1n) is 11.3. The number of pyridine rings is 1. The number of carbonyl (C=O) groups is 2. The third kappa shape index (κ3) is 5.08. The number of benzene rings is 2. The van der Waals surface area contributed by atoms with Crippen molar-refractivity contribution >= 4 is 34.2 Å². The number of anilines is 2. The number of aromatic nitrogens is 1. The molecule has 0 aliphatic carbocycles. The van der Waals surface area contributed by atoms with Crippen molar-refractivity contribution < 1.29 is 14.3 Å². The van der Waals surface area contributed by atoms with Gasteiger partial charge in [-0.3, -0.25) is 9.59 Å². The molecule has 7 heteroatoms. The van der Waals surface area contributed by atoms with Crippen LogP contribution >= 0.6 is 0 Å². The van der Waals surface area contributed by atoms with Gasteiger partial charge in [0.15, 0.2) is 6.61 Å². The van der Waals surface area contributed by atoms with E-state index < -0.39 is 0 Å². The van der Waals surface area contributed by atoms with E-state index in [1.54, 1.807) is 0 Å². The number of para-hydroxylation sites is 1. The highest BCUT2D eigenvalue weighted by Gasteiger charge is 2.24. The minimum Gasteiger partial charge on any atom is -0.481 e. The molecule has 0 unspecified atom stereocenters. The van der Waals surface area contributed by atoms with E-state index in [0.717, 1.165) is 59.5 Å². The molecule has 1 saturated heterocycles. The third-order valence-electron chi connectivity index (χ3n) is 6.19. The second kappa shape index (κ2) is 9.48. The van der Waals surface area contributed by atoms with Crippen LogP contribution in [0.2, 0.25) is 0 Å². The number of rotatable bonds is 6. The van der Waals surface area contributed by atoms with E-state index in [-0.39, 0.29) is 24.3 Å². The monoisotopic (exact) mass is 446 g/mol. The Morgan fingerprint density at radius 3 is 2.45 bits per heavy atom. The van der Waals surface area contributed by atoms with Gasteiger partial charge >= 0.3 is 0 Å². The molecule has 1 aliphatic heterocycles. The Morgan fingerprint density at radius 2 is 1.79 bits per heavy atom. The summed E-state index contributed by atoms with van der Waals surface area (Å²) in [5.41, 5.74) is 10.2. The number of nitrogens with two attached hydrogens (primary N) is 1. The van der Waals surface area contributed by atoms with Crippen molar-refractivity contribution in [2.75, 3.05) is 29.9 Å². The first-order chi connectivity index (χ1) is 15.8. The standard InChI is InChI=1S/C26H30N4O3/c1-16-13-17(2)24(18(3)14-16)29-23(31)15-33-21-6-4-5-19-7-8-22(28-25(19)21)30-11-9-20(10-12-30)26(27)32/h4-8,13-14,20H,9-12,15H2,1-3H3,(H2,27,32)(H,29,31). The maximum Gasteiger partial charge on any atom is 0.262 e. The van der Waals surface area contributed by atoms with Gasteiger partial charge in [-0.15, -0.1) is 0 Å². The number of ether oxygens (including phenoxy) is 1. The van der Waals surface area contributed by atoms with Crippen molar-refractivity contribution in [3.05, 3.63) is 59.2 Å². The number of hydrogen-bond acceptors (Lipinski definition) is 5. The second-order valence-electron chi connectivity index (χ2n) is 8.77. The molecule has 7 nitrogen and oxygen atoms in total. The Bertz CT molecular complexity index is 1180. The summed E-state index contributed by atoms with van der Waals surface area (Å²) in [6.07, 6.45) is 1.45. The van der Waals surface area contributed by atoms with Gasteiger partial charge in [-0.2, -0.15) is 0 Å². The number of aryl methyl sites for hydroxylation is 3. The summed E-state index contributed by atoms with van der Waals surface area (Å²) in [4.78, 5) is 31.0. The maximum absolute atomic E-state index is 12.6. The Kier molecular flexibility index (Phi) is 6.49. The number of amides is 2. The zero-order valence-corrected chi connectivity index (χ0v) is 19.4. The number of carbonyl (C=O) groups excluding carboxylic acids is 2. The summed E-state index contributed by atoms with van der Waals surface area (Å²) in [5, 5.41) is 3.91. The average Bonchev–Trinajstić information content (AvgIpc) is 2.79. The van der Waals surface area contributed by atoms with E-state index in [0.29, 0.717) is 11.3 Å². The molecular formula is C26H30N4O3. The molecule has 0 saturated carbocycles. The van der Waals surface area contributed by atoms with Crippen LogP contribution in [0.4, 0.5) is 11.5 Å². The number of nitrogens with zero attached hydrogens (tertiary/aromatic N) is 2. The fourth-order valence-corrected chi connectivity index (χ4v) is 4.49. The zero-order chi connectivity index (χ0) is 23.5. The van der Waals surface area contributed by atoms with Gasteiger partial charge in [0.1, 0.15) is 17.1 Å². The van der Waals surface area contributed by atoms with E-state index in [1.807, 2.05) is 63.2 Å². The van der Waals surface area contributed by atoms with Crippen LogP contribution < -0.4 is 20.7 Å². The number of hydrogen-bond donors (Lipinski definition) is 2. The SMILES string of the molecule is Cc1cc(C)c(NC(=O)COc2cccc3ccc(N4CCC(C(N)=O)CC4)nc23)c(C)c1. The normalized spacial score (nSPS) is 14.3. The topological polar surface area (TPSA) is 97.5 Å². The maximum atomic E-state index is 12.6. The lowest BCUT2D eigenvalue weighted by Gasteiger charge is -2.31. The van der Waals surface area contributed by atoms with Gasteiger partial charge in [-0.05, 0) is 62.9 Å². The summed E-state index contributed by atoms with van der Waals surface area (Å²) < 4.78 is 5.89. The first kappa shape index (κ1) is 22.6. The molecule has 3 aromatic rings. The van der Waals surface area contributed by atoms with Crippen LogP contribution in [0, 0.1) is 26.7 Å². The van der Waals surface area contributed by atoms with Gasteiger partial charge in [0.2, 0.25) is 5.91 Å². The van der Waals surface area contributed by atoms with Crippen LogP contribution in [0.15, 0.2) is 42.5 Å². The van der Waals surface area contributed by atoms with E-state index in [9.17, 15) is 9.59 Å². The molecule has 0 atom stereocenters. The molecule has 1 aliphatic rings. The lowest BCUT2D eigenvalue weighted by molar-refractivity contribution is -0.122. The molecule has 1 aromatic heterocycles. The molecule has 2 amide bonds. The number of fused-ring (bicyclic) bond motifs is 1. The molecule has 2 heterocycles. The van der Waals surface area contributed by atoms with Gasteiger partial charge in [-0.25, -0.2) is 4.98 Å². The van der Waals surface area contributed by atoms with Crippen LogP contribution in [-0.4, -0.2) is 36.5 Å². The Labute approximate surface area is 193 Å². The van der Waals surface area contributed by atoms with Crippen LogP contribution in [0.1, 0.15) is 29.5 Å². The molecule has 0 radical (unpaired) electrons. The Hall–Kier alpha value is -3.61. The number of primary amides is 1. The summed E-state index contributed by atoms with van der Waals surface area (Å²) in [5.74, 6) is 0.878. The average molecular weight is 447 g/mol. The largest absolute Gasteiger partial charge is 0.481 e.